The largest absolute Gasteiger partial charge is 0.454 e. The van der Waals surface area contributed by atoms with Crippen molar-refractivity contribution in [2.75, 3.05) is 33.0 Å². The number of hydrogen-bond acceptors (Lipinski definition) is 7. The summed E-state index contributed by atoms with van der Waals surface area (Å²) in [6, 6.07) is 13.1. The fourth-order valence-corrected chi connectivity index (χ4v) is 4.59. The number of fused-ring (bicyclic) bond motifs is 1. The molecule has 1 saturated carbocycles. The van der Waals surface area contributed by atoms with Crippen LogP contribution in [0, 0.1) is 5.92 Å². The Hall–Kier alpha value is -3.95. The van der Waals surface area contributed by atoms with Crippen LogP contribution in [0.3, 0.4) is 0 Å². The summed E-state index contributed by atoms with van der Waals surface area (Å²) in [5.41, 5.74) is 2.42. The van der Waals surface area contributed by atoms with Gasteiger partial charge in [0.1, 0.15) is 6.33 Å². The standard InChI is InChI=1S/C23H22N6O4/c30-22(16-2-1-3-17(10-16)29-13-24-25-26-29)27-6-8-28(9-7-27)23(31)19-12-18(19)15-4-5-20-21(11-15)33-14-32-20/h1-5,10-11,13,18-19H,6-9,12,14H2. The predicted octanol–water partition coefficient (Wildman–Crippen LogP) is 1.48. The third-order valence-electron chi connectivity index (χ3n) is 6.52. The molecule has 1 aliphatic carbocycles. The molecule has 10 nitrogen and oxygen atoms in total. The summed E-state index contributed by atoms with van der Waals surface area (Å²) in [4.78, 5) is 29.7. The first-order valence-electron chi connectivity index (χ1n) is 11.0. The Morgan fingerprint density at radius 3 is 2.58 bits per heavy atom. The molecule has 2 aliphatic heterocycles. The van der Waals surface area contributed by atoms with Gasteiger partial charge in [-0.05, 0) is 58.7 Å². The van der Waals surface area contributed by atoms with E-state index >= 15 is 0 Å². The second-order valence-corrected chi connectivity index (χ2v) is 8.48. The fraction of sp³-hybridized carbons (Fsp3) is 0.348. The van der Waals surface area contributed by atoms with E-state index in [0.29, 0.717) is 31.7 Å². The zero-order chi connectivity index (χ0) is 22.4. The van der Waals surface area contributed by atoms with Crippen LogP contribution in [0.25, 0.3) is 5.69 Å². The Kier molecular flexibility index (Phi) is 4.70. The smallest absolute Gasteiger partial charge is 0.254 e. The molecule has 168 valence electrons. The van der Waals surface area contributed by atoms with Crippen LogP contribution in [0.4, 0.5) is 0 Å². The number of amides is 2. The van der Waals surface area contributed by atoms with E-state index in [1.807, 2.05) is 35.2 Å². The zero-order valence-electron chi connectivity index (χ0n) is 17.8. The van der Waals surface area contributed by atoms with Crippen molar-refractivity contribution < 1.29 is 19.1 Å². The first-order chi connectivity index (χ1) is 16.2. The van der Waals surface area contributed by atoms with E-state index in [1.54, 1.807) is 17.0 Å². The average Bonchev–Trinajstić information content (AvgIpc) is 3.23. The highest BCUT2D eigenvalue weighted by Crippen LogP contribution is 2.50. The van der Waals surface area contributed by atoms with Gasteiger partial charge in [0, 0.05) is 37.7 Å². The molecule has 10 heteroatoms. The van der Waals surface area contributed by atoms with Gasteiger partial charge in [-0.3, -0.25) is 9.59 Å². The molecule has 0 bridgehead atoms. The van der Waals surface area contributed by atoms with E-state index in [1.165, 1.54) is 11.0 Å². The molecule has 3 aliphatic rings. The number of carbonyl (C=O) groups is 2. The van der Waals surface area contributed by atoms with Crippen LogP contribution in [-0.2, 0) is 4.79 Å². The molecule has 2 fully saturated rings. The number of ether oxygens (including phenoxy) is 2. The first kappa shape index (κ1) is 19.7. The number of nitrogens with zero attached hydrogens (tertiary/aromatic N) is 6. The van der Waals surface area contributed by atoms with Crippen molar-refractivity contribution in [3.05, 3.63) is 59.9 Å². The van der Waals surface area contributed by atoms with E-state index in [-0.39, 0.29) is 30.4 Å². The molecular formula is C23H22N6O4. The third kappa shape index (κ3) is 3.67. The van der Waals surface area contributed by atoms with Crippen LogP contribution in [0.2, 0.25) is 0 Å². The normalized spacial score (nSPS) is 21.2. The average molecular weight is 446 g/mol. The highest BCUT2D eigenvalue weighted by molar-refractivity contribution is 5.95. The molecule has 6 rings (SSSR count). The van der Waals surface area contributed by atoms with Crippen molar-refractivity contribution in [2.24, 2.45) is 5.92 Å². The molecule has 3 heterocycles. The molecule has 3 aromatic rings. The third-order valence-corrected chi connectivity index (χ3v) is 6.52. The number of rotatable bonds is 4. The lowest BCUT2D eigenvalue weighted by Crippen LogP contribution is -2.51. The molecule has 2 unspecified atom stereocenters. The van der Waals surface area contributed by atoms with Gasteiger partial charge in [-0.1, -0.05) is 12.1 Å². The quantitative estimate of drug-likeness (QED) is 0.598. The van der Waals surface area contributed by atoms with Crippen molar-refractivity contribution in [3.8, 4) is 17.2 Å². The van der Waals surface area contributed by atoms with E-state index in [2.05, 4.69) is 15.5 Å². The van der Waals surface area contributed by atoms with Crippen LogP contribution in [0.5, 0.6) is 11.5 Å². The molecule has 1 saturated heterocycles. The van der Waals surface area contributed by atoms with Crippen molar-refractivity contribution in [1.29, 1.82) is 0 Å². The van der Waals surface area contributed by atoms with Gasteiger partial charge in [0.05, 0.1) is 5.69 Å². The molecule has 0 spiro atoms. The van der Waals surface area contributed by atoms with Gasteiger partial charge in [0.2, 0.25) is 12.7 Å². The van der Waals surface area contributed by atoms with Crippen molar-refractivity contribution >= 4 is 11.8 Å². The summed E-state index contributed by atoms with van der Waals surface area (Å²) < 4.78 is 12.3. The second kappa shape index (κ2) is 7.88. The molecule has 2 aromatic carbocycles. The summed E-state index contributed by atoms with van der Waals surface area (Å²) in [7, 11) is 0. The molecule has 1 aromatic heterocycles. The minimum Gasteiger partial charge on any atom is -0.454 e. The lowest BCUT2D eigenvalue weighted by molar-refractivity contribution is -0.134. The Bertz CT molecular complexity index is 1210. The Morgan fingerprint density at radius 1 is 0.939 bits per heavy atom. The van der Waals surface area contributed by atoms with E-state index in [4.69, 9.17) is 9.47 Å². The number of aromatic nitrogens is 4. The van der Waals surface area contributed by atoms with Gasteiger partial charge in [0.25, 0.3) is 5.91 Å². The lowest BCUT2D eigenvalue weighted by Gasteiger charge is -2.35. The second-order valence-electron chi connectivity index (χ2n) is 8.48. The number of piperazine rings is 1. The van der Waals surface area contributed by atoms with Crippen LogP contribution in [-0.4, -0.2) is 74.8 Å². The van der Waals surface area contributed by atoms with Gasteiger partial charge in [-0.2, -0.15) is 0 Å². The molecule has 2 amide bonds. The fourth-order valence-electron chi connectivity index (χ4n) is 4.59. The van der Waals surface area contributed by atoms with Crippen LogP contribution in [0.1, 0.15) is 28.3 Å². The number of carbonyl (C=O) groups excluding carboxylic acids is 2. The van der Waals surface area contributed by atoms with E-state index in [9.17, 15) is 9.59 Å². The first-order valence-corrected chi connectivity index (χ1v) is 11.0. The summed E-state index contributed by atoms with van der Waals surface area (Å²) in [6.07, 6.45) is 2.34. The minimum absolute atomic E-state index is 0.000550. The summed E-state index contributed by atoms with van der Waals surface area (Å²) in [5.74, 6) is 1.85. The van der Waals surface area contributed by atoms with Crippen LogP contribution >= 0.6 is 0 Å². The van der Waals surface area contributed by atoms with Crippen LogP contribution < -0.4 is 9.47 Å². The monoisotopic (exact) mass is 446 g/mol. The van der Waals surface area contributed by atoms with E-state index < -0.39 is 0 Å². The van der Waals surface area contributed by atoms with Gasteiger partial charge in [0.15, 0.2) is 11.5 Å². The molecule has 0 radical (unpaired) electrons. The highest BCUT2D eigenvalue weighted by atomic mass is 16.7. The maximum atomic E-state index is 13.0. The lowest BCUT2D eigenvalue weighted by atomic mass is 10.1. The summed E-state index contributed by atoms with van der Waals surface area (Å²) in [6.45, 7) is 2.36. The molecule has 33 heavy (non-hydrogen) atoms. The minimum atomic E-state index is -0.0540. The van der Waals surface area contributed by atoms with Crippen molar-refractivity contribution in [1.82, 2.24) is 30.0 Å². The van der Waals surface area contributed by atoms with Gasteiger partial charge in [-0.15, -0.1) is 5.10 Å². The van der Waals surface area contributed by atoms with Gasteiger partial charge < -0.3 is 19.3 Å². The summed E-state index contributed by atoms with van der Waals surface area (Å²) >= 11 is 0. The Labute approximate surface area is 189 Å². The maximum absolute atomic E-state index is 13.0. The van der Waals surface area contributed by atoms with Crippen LogP contribution in [0.15, 0.2) is 48.8 Å². The molecule has 0 N–H and O–H groups in total. The van der Waals surface area contributed by atoms with Gasteiger partial charge >= 0.3 is 0 Å². The van der Waals surface area contributed by atoms with Crippen molar-refractivity contribution in [2.45, 2.75) is 12.3 Å². The highest BCUT2D eigenvalue weighted by Gasteiger charge is 2.46. The van der Waals surface area contributed by atoms with Gasteiger partial charge in [-0.25, -0.2) is 4.68 Å². The molecular weight excluding hydrogens is 424 g/mol. The molecule has 2 atom stereocenters. The SMILES string of the molecule is O=C(c1cccc(-n2cnnn2)c1)N1CCN(C(=O)C2CC2c2ccc3c(c2)OCO3)CC1. The Balaban J connectivity index is 1.06. The number of hydrogen-bond donors (Lipinski definition) is 0. The topological polar surface area (TPSA) is 103 Å². The predicted molar refractivity (Wildman–Crippen MR) is 115 cm³/mol. The maximum Gasteiger partial charge on any atom is 0.254 e. The Morgan fingerprint density at radius 2 is 1.76 bits per heavy atom. The van der Waals surface area contributed by atoms with E-state index in [0.717, 1.165) is 29.2 Å². The van der Waals surface area contributed by atoms with Crippen molar-refractivity contribution in [3.63, 3.8) is 0 Å². The zero-order valence-corrected chi connectivity index (χ0v) is 17.8. The number of tetrazole rings is 1. The summed E-state index contributed by atoms with van der Waals surface area (Å²) in [5, 5.41) is 11.1. The number of benzene rings is 2.